The highest BCUT2D eigenvalue weighted by Gasteiger charge is 1.97. The summed E-state index contributed by atoms with van der Waals surface area (Å²) in [7, 11) is 0. The molecule has 0 bridgehead atoms. The zero-order valence-corrected chi connectivity index (χ0v) is 7.51. The Hall–Kier alpha value is -1.64. The maximum Gasteiger partial charge on any atom is 0.0677 e. The molecule has 2 aromatic rings. The Kier molecular flexibility index (Phi) is 2.08. The molecule has 2 rings (SSSR count). The molecule has 13 heavy (non-hydrogen) atoms. The molecule has 0 saturated carbocycles. The Balaban J connectivity index is 2.20. The van der Waals surface area contributed by atoms with Gasteiger partial charge in [-0.2, -0.15) is 5.10 Å². The van der Waals surface area contributed by atoms with Crippen molar-refractivity contribution in [3.63, 3.8) is 0 Å². The second kappa shape index (κ2) is 3.39. The Bertz CT molecular complexity index is 378. The van der Waals surface area contributed by atoms with Gasteiger partial charge >= 0.3 is 0 Å². The summed E-state index contributed by atoms with van der Waals surface area (Å²) in [5.41, 5.74) is 2.35. The van der Waals surface area contributed by atoms with E-state index in [4.69, 9.17) is 0 Å². The number of hydrogen-bond acceptors (Lipinski definition) is 2. The summed E-state index contributed by atoms with van der Waals surface area (Å²) in [6, 6.07) is 5.98. The summed E-state index contributed by atoms with van der Waals surface area (Å²) in [4.78, 5) is 4.05. The minimum Gasteiger partial charge on any atom is -0.265 e. The summed E-state index contributed by atoms with van der Waals surface area (Å²) in [5, 5.41) is 4.20. The van der Waals surface area contributed by atoms with Crippen LogP contribution >= 0.6 is 0 Å². The first-order valence-corrected chi connectivity index (χ1v) is 4.23. The lowest BCUT2D eigenvalue weighted by Gasteiger charge is -2.02. The summed E-state index contributed by atoms with van der Waals surface area (Å²) in [5.74, 6) is 0. The van der Waals surface area contributed by atoms with Crippen LogP contribution in [0.2, 0.25) is 0 Å². The Morgan fingerprint density at radius 2 is 2.23 bits per heavy atom. The molecule has 0 radical (unpaired) electrons. The van der Waals surface area contributed by atoms with Crippen LogP contribution in [0.15, 0.2) is 36.8 Å². The first-order valence-electron chi connectivity index (χ1n) is 4.23. The van der Waals surface area contributed by atoms with Crippen LogP contribution in [-0.2, 0) is 6.54 Å². The van der Waals surface area contributed by atoms with E-state index in [9.17, 15) is 0 Å². The third-order valence-electron chi connectivity index (χ3n) is 1.98. The third-order valence-corrected chi connectivity index (χ3v) is 1.98. The van der Waals surface area contributed by atoms with E-state index in [-0.39, 0.29) is 0 Å². The molecule has 0 aliphatic carbocycles. The van der Waals surface area contributed by atoms with Crippen molar-refractivity contribution in [2.45, 2.75) is 13.5 Å². The lowest BCUT2D eigenvalue weighted by molar-refractivity contribution is 0.663. The van der Waals surface area contributed by atoms with Gasteiger partial charge in [0.05, 0.1) is 6.54 Å². The number of aryl methyl sites for hydroxylation is 1. The van der Waals surface area contributed by atoms with E-state index in [0.717, 1.165) is 6.54 Å². The molecule has 0 spiro atoms. The predicted octanol–water partition coefficient (Wildman–Crippen LogP) is 1.63. The van der Waals surface area contributed by atoms with E-state index < -0.39 is 0 Å². The van der Waals surface area contributed by atoms with Crippen LogP contribution in [0.4, 0.5) is 0 Å². The van der Waals surface area contributed by atoms with Gasteiger partial charge in [-0.1, -0.05) is 6.07 Å². The summed E-state index contributed by atoms with van der Waals surface area (Å²) >= 11 is 0. The number of nitrogens with zero attached hydrogens (tertiary/aromatic N) is 3. The van der Waals surface area contributed by atoms with Gasteiger partial charge in [0.15, 0.2) is 0 Å². The van der Waals surface area contributed by atoms with Gasteiger partial charge in [-0.25, -0.2) is 0 Å². The van der Waals surface area contributed by atoms with Crippen LogP contribution in [0.1, 0.15) is 11.3 Å². The minimum absolute atomic E-state index is 0.798. The van der Waals surface area contributed by atoms with E-state index >= 15 is 0 Å². The van der Waals surface area contributed by atoms with Crippen molar-refractivity contribution in [3.05, 3.63) is 48.0 Å². The van der Waals surface area contributed by atoms with Crippen LogP contribution in [0.25, 0.3) is 0 Å². The van der Waals surface area contributed by atoms with Gasteiger partial charge in [0, 0.05) is 24.3 Å². The molecule has 0 aliphatic rings. The van der Waals surface area contributed by atoms with Gasteiger partial charge in [-0.05, 0) is 24.6 Å². The molecule has 0 amide bonds. The fourth-order valence-corrected chi connectivity index (χ4v) is 1.23. The van der Waals surface area contributed by atoms with Crippen molar-refractivity contribution in [1.82, 2.24) is 14.8 Å². The molecular formula is C10H11N3. The smallest absolute Gasteiger partial charge is 0.0677 e. The topological polar surface area (TPSA) is 30.7 Å². The molecule has 0 N–H and O–H groups in total. The van der Waals surface area contributed by atoms with E-state index in [1.165, 1.54) is 11.3 Å². The first kappa shape index (κ1) is 7.98. The quantitative estimate of drug-likeness (QED) is 0.691. The van der Waals surface area contributed by atoms with E-state index in [2.05, 4.69) is 10.1 Å². The van der Waals surface area contributed by atoms with Gasteiger partial charge < -0.3 is 0 Å². The Morgan fingerprint density at radius 1 is 1.31 bits per heavy atom. The van der Waals surface area contributed by atoms with Crippen LogP contribution in [0.3, 0.4) is 0 Å². The standard InChI is InChI=1S/C10H11N3/c1-9-4-6-12-13(9)8-10-3-2-5-11-7-10/h2-7H,8H2,1H3. The monoisotopic (exact) mass is 173 g/mol. The van der Waals surface area contributed by atoms with E-state index in [1.54, 1.807) is 6.20 Å². The average molecular weight is 173 g/mol. The van der Waals surface area contributed by atoms with E-state index in [1.807, 2.05) is 42.2 Å². The lowest BCUT2D eigenvalue weighted by Crippen LogP contribution is -2.03. The van der Waals surface area contributed by atoms with Crippen molar-refractivity contribution in [2.75, 3.05) is 0 Å². The third kappa shape index (κ3) is 1.75. The fraction of sp³-hybridized carbons (Fsp3) is 0.200. The molecule has 66 valence electrons. The molecule has 2 aromatic heterocycles. The SMILES string of the molecule is Cc1ccnn1Cc1cccnc1. The molecule has 0 unspecified atom stereocenters. The van der Waals surface area contributed by atoms with Gasteiger partial charge in [0.1, 0.15) is 0 Å². The van der Waals surface area contributed by atoms with Crippen molar-refractivity contribution < 1.29 is 0 Å². The van der Waals surface area contributed by atoms with Gasteiger partial charge in [-0.15, -0.1) is 0 Å². The van der Waals surface area contributed by atoms with Crippen molar-refractivity contribution in [2.24, 2.45) is 0 Å². The maximum absolute atomic E-state index is 4.20. The fourth-order valence-electron chi connectivity index (χ4n) is 1.23. The van der Waals surface area contributed by atoms with Crippen LogP contribution < -0.4 is 0 Å². The van der Waals surface area contributed by atoms with Gasteiger partial charge in [-0.3, -0.25) is 9.67 Å². The normalized spacial score (nSPS) is 10.2. The largest absolute Gasteiger partial charge is 0.265 e. The van der Waals surface area contributed by atoms with Crippen molar-refractivity contribution >= 4 is 0 Å². The van der Waals surface area contributed by atoms with Crippen LogP contribution in [-0.4, -0.2) is 14.8 Å². The number of rotatable bonds is 2. The Labute approximate surface area is 77.0 Å². The minimum atomic E-state index is 0.798. The summed E-state index contributed by atoms with van der Waals surface area (Å²) in [6.07, 6.45) is 5.45. The molecular weight excluding hydrogens is 162 g/mol. The number of aromatic nitrogens is 3. The summed E-state index contributed by atoms with van der Waals surface area (Å²) < 4.78 is 1.96. The molecule has 3 heteroatoms. The van der Waals surface area contributed by atoms with Gasteiger partial charge in [0.2, 0.25) is 0 Å². The second-order valence-electron chi connectivity index (χ2n) is 2.99. The van der Waals surface area contributed by atoms with Crippen molar-refractivity contribution in [1.29, 1.82) is 0 Å². The Morgan fingerprint density at radius 3 is 2.85 bits per heavy atom. The first-order chi connectivity index (χ1) is 6.36. The molecule has 0 aromatic carbocycles. The highest BCUT2D eigenvalue weighted by Crippen LogP contribution is 2.02. The second-order valence-corrected chi connectivity index (χ2v) is 2.99. The molecule has 0 aliphatic heterocycles. The molecule has 3 nitrogen and oxygen atoms in total. The molecule has 0 fully saturated rings. The maximum atomic E-state index is 4.20. The van der Waals surface area contributed by atoms with Crippen molar-refractivity contribution in [3.8, 4) is 0 Å². The van der Waals surface area contributed by atoms with Gasteiger partial charge in [0.25, 0.3) is 0 Å². The summed E-state index contributed by atoms with van der Waals surface area (Å²) in [6.45, 7) is 2.84. The molecule has 0 atom stereocenters. The molecule has 0 saturated heterocycles. The number of hydrogen-bond donors (Lipinski definition) is 0. The zero-order chi connectivity index (χ0) is 9.10. The highest BCUT2D eigenvalue weighted by molar-refractivity contribution is 5.10. The number of pyridine rings is 1. The average Bonchev–Trinajstić information content (AvgIpc) is 2.54. The predicted molar refractivity (Wildman–Crippen MR) is 50.3 cm³/mol. The lowest BCUT2D eigenvalue weighted by atomic mass is 10.3. The zero-order valence-electron chi connectivity index (χ0n) is 7.51. The van der Waals surface area contributed by atoms with Crippen LogP contribution in [0, 0.1) is 6.92 Å². The highest BCUT2D eigenvalue weighted by atomic mass is 15.3. The van der Waals surface area contributed by atoms with E-state index in [0.29, 0.717) is 0 Å². The molecule has 2 heterocycles. The van der Waals surface area contributed by atoms with Crippen LogP contribution in [0.5, 0.6) is 0 Å².